The summed E-state index contributed by atoms with van der Waals surface area (Å²) in [4.78, 5) is 22.0. The van der Waals surface area contributed by atoms with Crippen LogP contribution in [-0.2, 0) is 4.79 Å². The molecule has 0 bridgehead atoms. The Morgan fingerprint density at radius 2 is 1.97 bits per heavy atom. The first-order valence-electron chi connectivity index (χ1n) is 10.2. The standard InChI is InChI=1S/C22H18N8OS/c31-21(13-5-6-13)25-14-7-9-15(10-8-14)32-19-11-18-23-12-24-30(18)22(26-19)27-20-16-3-1-2-4-17(16)28-29-20/h1-4,7-13H,5-6H2,(H,25,31)(H2,26,27,28,29). The molecule has 0 atom stereocenters. The van der Waals surface area contributed by atoms with E-state index in [2.05, 4.69) is 30.9 Å². The SMILES string of the molecule is O=C(Nc1ccc(Sc2cc3ncnn3c(Nc3n[nH]c4ccccc34)n2)cc1)C1CC1. The van der Waals surface area contributed by atoms with Gasteiger partial charge in [0.2, 0.25) is 11.9 Å². The van der Waals surface area contributed by atoms with Crippen molar-refractivity contribution in [3.8, 4) is 0 Å². The van der Waals surface area contributed by atoms with Crippen LogP contribution in [0.1, 0.15) is 12.8 Å². The molecule has 9 nitrogen and oxygen atoms in total. The van der Waals surface area contributed by atoms with E-state index in [-0.39, 0.29) is 11.8 Å². The quantitative estimate of drug-likeness (QED) is 0.337. The molecular weight excluding hydrogens is 424 g/mol. The molecule has 0 saturated heterocycles. The van der Waals surface area contributed by atoms with Gasteiger partial charge in [-0.1, -0.05) is 23.9 Å². The summed E-state index contributed by atoms with van der Waals surface area (Å²) in [6.45, 7) is 0. The minimum absolute atomic E-state index is 0.103. The highest BCUT2D eigenvalue weighted by Gasteiger charge is 2.29. The van der Waals surface area contributed by atoms with Gasteiger partial charge in [0.15, 0.2) is 11.5 Å². The second-order valence-corrected chi connectivity index (χ2v) is 8.67. The van der Waals surface area contributed by atoms with Crippen LogP contribution in [0.3, 0.4) is 0 Å². The number of benzene rings is 2. The number of rotatable bonds is 6. The normalized spacial score (nSPS) is 13.5. The van der Waals surface area contributed by atoms with Crippen molar-refractivity contribution in [2.75, 3.05) is 10.6 Å². The number of nitrogens with zero attached hydrogens (tertiary/aromatic N) is 5. The fourth-order valence-electron chi connectivity index (χ4n) is 3.42. The summed E-state index contributed by atoms with van der Waals surface area (Å²) >= 11 is 1.51. The van der Waals surface area contributed by atoms with Gasteiger partial charge >= 0.3 is 0 Å². The summed E-state index contributed by atoms with van der Waals surface area (Å²) in [5, 5.41) is 19.6. The van der Waals surface area contributed by atoms with Crippen molar-refractivity contribution in [1.29, 1.82) is 0 Å². The largest absolute Gasteiger partial charge is 0.326 e. The lowest BCUT2D eigenvalue weighted by molar-refractivity contribution is -0.117. The van der Waals surface area contributed by atoms with E-state index in [0.717, 1.165) is 39.4 Å². The molecular formula is C22H18N8OS. The third-order valence-electron chi connectivity index (χ3n) is 5.24. The number of amides is 1. The molecule has 1 aliphatic carbocycles. The van der Waals surface area contributed by atoms with Crippen LogP contribution >= 0.6 is 11.8 Å². The Kier molecular flexibility index (Phi) is 4.50. The van der Waals surface area contributed by atoms with E-state index >= 15 is 0 Å². The van der Waals surface area contributed by atoms with Gasteiger partial charge in [-0.2, -0.15) is 14.7 Å². The molecule has 1 aliphatic rings. The van der Waals surface area contributed by atoms with E-state index in [1.54, 1.807) is 4.52 Å². The molecule has 1 saturated carbocycles. The van der Waals surface area contributed by atoms with Crippen molar-refractivity contribution in [1.82, 2.24) is 29.8 Å². The number of aromatic amines is 1. The molecule has 3 heterocycles. The van der Waals surface area contributed by atoms with Crippen molar-refractivity contribution in [3.05, 3.63) is 60.9 Å². The van der Waals surface area contributed by atoms with E-state index in [1.807, 2.05) is 54.6 Å². The number of fused-ring (bicyclic) bond motifs is 2. The van der Waals surface area contributed by atoms with Crippen molar-refractivity contribution in [2.24, 2.45) is 5.92 Å². The summed E-state index contributed by atoms with van der Waals surface area (Å²) in [5.74, 6) is 1.47. The predicted molar refractivity (Wildman–Crippen MR) is 122 cm³/mol. The molecule has 1 fully saturated rings. The third-order valence-corrected chi connectivity index (χ3v) is 6.16. The Balaban J connectivity index is 1.26. The molecule has 10 heteroatoms. The molecule has 32 heavy (non-hydrogen) atoms. The third kappa shape index (κ3) is 3.65. The first kappa shape index (κ1) is 18.8. The Bertz CT molecular complexity index is 1440. The maximum atomic E-state index is 11.9. The number of anilines is 3. The number of nitrogens with one attached hydrogen (secondary N) is 3. The van der Waals surface area contributed by atoms with Crippen LogP contribution in [0, 0.1) is 5.92 Å². The van der Waals surface area contributed by atoms with Gasteiger partial charge in [0.25, 0.3) is 0 Å². The highest BCUT2D eigenvalue weighted by Crippen LogP contribution is 2.32. The Morgan fingerprint density at radius 3 is 2.81 bits per heavy atom. The van der Waals surface area contributed by atoms with Crippen LogP contribution in [-0.4, -0.2) is 35.7 Å². The maximum Gasteiger partial charge on any atom is 0.232 e. The smallest absolute Gasteiger partial charge is 0.232 e. The van der Waals surface area contributed by atoms with E-state index < -0.39 is 0 Å². The number of para-hydroxylation sites is 1. The first-order chi connectivity index (χ1) is 15.7. The zero-order chi connectivity index (χ0) is 21.5. The summed E-state index contributed by atoms with van der Waals surface area (Å²) < 4.78 is 1.64. The van der Waals surface area contributed by atoms with Gasteiger partial charge in [0.05, 0.1) is 5.52 Å². The zero-order valence-corrected chi connectivity index (χ0v) is 17.6. The number of carbonyl (C=O) groups is 1. The molecule has 0 spiro atoms. The van der Waals surface area contributed by atoms with Crippen LogP contribution in [0.4, 0.5) is 17.5 Å². The molecule has 3 N–H and O–H groups in total. The van der Waals surface area contributed by atoms with Gasteiger partial charge < -0.3 is 10.6 Å². The van der Waals surface area contributed by atoms with Gasteiger partial charge in [-0.3, -0.25) is 9.89 Å². The summed E-state index contributed by atoms with van der Waals surface area (Å²) in [6, 6.07) is 17.5. The lowest BCUT2D eigenvalue weighted by Crippen LogP contribution is -2.12. The number of hydrogen-bond acceptors (Lipinski definition) is 7. The van der Waals surface area contributed by atoms with Gasteiger partial charge in [0.1, 0.15) is 11.4 Å². The van der Waals surface area contributed by atoms with Crippen LogP contribution in [0.2, 0.25) is 0 Å². The number of hydrogen-bond donors (Lipinski definition) is 3. The second kappa shape index (κ2) is 7.65. The number of aromatic nitrogens is 6. The molecule has 0 unspecified atom stereocenters. The Hall–Kier alpha value is -3.92. The van der Waals surface area contributed by atoms with Crippen LogP contribution < -0.4 is 10.6 Å². The molecule has 3 aromatic heterocycles. The van der Waals surface area contributed by atoms with E-state index in [4.69, 9.17) is 4.98 Å². The van der Waals surface area contributed by atoms with Gasteiger partial charge in [0, 0.05) is 28.0 Å². The van der Waals surface area contributed by atoms with E-state index in [0.29, 0.717) is 17.4 Å². The van der Waals surface area contributed by atoms with Crippen molar-refractivity contribution < 1.29 is 4.79 Å². The molecule has 5 aromatic rings. The monoisotopic (exact) mass is 442 g/mol. The zero-order valence-electron chi connectivity index (χ0n) is 16.8. The van der Waals surface area contributed by atoms with Gasteiger partial charge in [-0.25, -0.2) is 9.97 Å². The summed E-state index contributed by atoms with van der Waals surface area (Å²) in [7, 11) is 0. The molecule has 158 valence electrons. The van der Waals surface area contributed by atoms with Crippen molar-refractivity contribution in [2.45, 2.75) is 22.8 Å². The number of carbonyl (C=O) groups excluding carboxylic acids is 1. The fourth-order valence-corrected chi connectivity index (χ4v) is 4.23. The first-order valence-corrected chi connectivity index (χ1v) is 11.0. The van der Waals surface area contributed by atoms with Crippen molar-refractivity contribution in [3.63, 3.8) is 0 Å². The molecule has 1 amide bonds. The highest BCUT2D eigenvalue weighted by atomic mass is 32.2. The lowest BCUT2D eigenvalue weighted by Gasteiger charge is -2.09. The topological polar surface area (TPSA) is 113 Å². The van der Waals surface area contributed by atoms with Gasteiger partial charge in [-0.05, 0) is 49.2 Å². The van der Waals surface area contributed by atoms with Gasteiger partial charge in [-0.15, -0.1) is 0 Å². The maximum absolute atomic E-state index is 11.9. The molecule has 6 rings (SSSR count). The van der Waals surface area contributed by atoms with Crippen LogP contribution in [0.25, 0.3) is 16.6 Å². The Labute approximate surface area is 186 Å². The average Bonchev–Trinajstić information content (AvgIpc) is 3.43. The molecule has 0 aliphatic heterocycles. The predicted octanol–water partition coefficient (Wildman–Crippen LogP) is 4.24. The minimum Gasteiger partial charge on any atom is -0.326 e. The van der Waals surface area contributed by atoms with Crippen LogP contribution in [0.5, 0.6) is 0 Å². The minimum atomic E-state index is 0.103. The van der Waals surface area contributed by atoms with E-state index in [9.17, 15) is 4.79 Å². The molecule has 2 aromatic carbocycles. The lowest BCUT2D eigenvalue weighted by atomic mass is 10.2. The average molecular weight is 443 g/mol. The number of H-pyrrole nitrogens is 1. The second-order valence-electron chi connectivity index (χ2n) is 7.58. The Morgan fingerprint density at radius 1 is 1.12 bits per heavy atom. The van der Waals surface area contributed by atoms with E-state index in [1.165, 1.54) is 18.1 Å². The molecule has 0 radical (unpaired) electrons. The van der Waals surface area contributed by atoms with Crippen molar-refractivity contribution >= 4 is 51.7 Å². The summed E-state index contributed by atoms with van der Waals surface area (Å²) in [6.07, 6.45) is 3.47. The fraction of sp³-hybridized carbons (Fsp3) is 0.136. The van der Waals surface area contributed by atoms with Crippen LogP contribution in [0.15, 0.2) is 70.8 Å². The highest BCUT2D eigenvalue weighted by molar-refractivity contribution is 7.99. The summed E-state index contributed by atoms with van der Waals surface area (Å²) in [5.41, 5.74) is 2.42.